The molecule has 1 fully saturated rings. The van der Waals surface area contributed by atoms with Crippen LogP contribution in [-0.2, 0) is 4.74 Å². The molecule has 3 unspecified atom stereocenters. The van der Waals surface area contributed by atoms with Gasteiger partial charge in [-0.3, -0.25) is 0 Å². The molecule has 0 aromatic heterocycles. The molecule has 0 aliphatic heterocycles. The molecule has 0 saturated heterocycles. The number of likely N-dealkylation sites (N-methyl/N-ethyl adjacent to an activating group) is 1. The molecule has 0 bridgehead atoms. The number of nitrogens with one attached hydrogen (secondary N) is 1. The SMILES string of the molecule is CNC(c1cc(C)ccc1F)C1(OC)CCCC(C)C1. The Labute approximate surface area is 121 Å². The fraction of sp³-hybridized carbons (Fsp3) is 0.647. The Bertz CT molecular complexity index is 462. The number of benzene rings is 1. The smallest absolute Gasteiger partial charge is 0.128 e. The van der Waals surface area contributed by atoms with Crippen molar-refractivity contribution in [3.05, 3.63) is 35.1 Å². The summed E-state index contributed by atoms with van der Waals surface area (Å²) >= 11 is 0. The summed E-state index contributed by atoms with van der Waals surface area (Å²) < 4.78 is 20.2. The standard InChI is InChI=1S/C17H26FNO/c1-12-7-8-15(18)14(10-12)16(19-3)17(20-4)9-5-6-13(2)11-17/h7-8,10,13,16,19H,5-6,9,11H2,1-4H3. The van der Waals surface area contributed by atoms with Crippen LogP contribution in [0.15, 0.2) is 18.2 Å². The van der Waals surface area contributed by atoms with Gasteiger partial charge in [-0.05, 0) is 38.8 Å². The molecule has 20 heavy (non-hydrogen) atoms. The Hall–Kier alpha value is -0.930. The largest absolute Gasteiger partial charge is 0.376 e. The lowest BCUT2D eigenvalue weighted by Gasteiger charge is -2.44. The van der Waals surface area contributed by atoms with E-state index in [4.69, 9.17) is 4.74 Å². The third-order valence-corrected chi connectivity index (χ3v) is 4.67. The van der Waals surface area contributed by atoms with E-state index in [1.807, 2.05) is 26.1 Å². The van der Waals surface area contributed by atoms with Gasteiger partial charge in [0, 0.05) is 12.7 Å². The first-order chi connectivity index (χ1) is 9.52. The lowest BCUT2D eigenvalue weighted by atomic mass is 9.72. The molecular weight excluding hydrogens is 253 g/mol. The number of ether oxygens (including phenoxy) is 1. The molecule has 0 radical (unpaired) electrons. The number of halogens is 1. The van der Waals surface area contributed by atoms with Crippen molar-refractivity contribution in [2.45, 2.75) is 51.2 Å². The van der Waals surface area contributed by atoms with Gasteiger partial charge >= 0.3 is 0 Å². The first-order valence-corrected chi connectivity index (χ1v) is 7.51. The molecule has 1 saturated carbocycles. The zero-order valence-electron chi connectivity index (χ0n) is 13.0. The van der Waals surface area contributed by atoms with E-state index in [1.165, 1.54) is 6.42 Å². The Morgan fingerprint density at radius 3 is 2.80 bits per heavy atom. The maximum Gasteiger partial charge on any atom is 0.128 e. The van der Waals surface area contributed by atoms with Crippen LogP contribution >= 0.6 is 0 Å². The number of aryl methyl sites for hydroxylation is 1. The van der Waals surface area contributed by atoms with Gasteiger partial charge in [0.1, 0.15) is 5.82 Å². The van der Waals surface area contributed by atoms with Crippen LogP contribution in [0.3, 0.4) is 0 Å². The molecule has 3 atom stereocenters. The molecule has 0 spiro atoms. The highest BCUT2D eigenvalue weighted by molar-refractivity contribution is 5.29. The number of rotatable bonds is 4. The predicted octanol–water partition coefficient (Wildman–Crippen LogP) is 3.99. The summed E-state index contributed by atoms with van der Waals surface area (Å²) in [7, 11) is 3.66. The molecule has 0 amide bonds. The Kier molecular flexibility index (Phi) is 4.82. The van der Waals surface area contributed by atoms with Crippen LogP contribution in [0.4, 0.5) is 4.39 Å². The van der Waals surface area contributed by atoms with E-state index in [9.17, 15) is 4.39 Å². The van der Waals surface area contributed by atoms with Gasteiger partial charge in [-0.2, -0.15) is 0 Å². The highest BCUT2D eigenvalue weighted by Crippen LogP contribution is 2.43. The van der Waals surface area contributed by atoms with Crippen LogP contribution in [0.25, 0.3) is 0 Å². The molecule has 1 aliphatic rings. The van der Waals surface area contributed by atoms with Crippen molar-refractivity contribution < 1.29 is 9.13 Å². The van der Waals surface area contributed by atoms with E-state index >= 15 is 0 Å². The van der Waals surface area contributed by atoms with Crippen molar-refractivity contribution >= 4 is 0 Å². The van der Waals surface area contributed by atoms with E-state index in [2.05, 4.69) is 12.2 Å². The second-order valence-corrected chi connectivity index (χ2v) is 6.22. The average molecular weight is 279 g/mol. The highest BCUT2D eigenvalue weighted by Gasteiger charge is 2.43. The van der Waals surface area contributed by atoms with Crippen molar-refractivity contribution in [3.8, 4) is 0 Å². The van der Waals surface area contributed by atoms with Gasteiger partial charge in [0.05, 0.1) is 11.6 Å². The van der Waals surface area contributed by atoms with Gasteiger partial charge in [0.2, 0.25) is 0 Å². The van der Waals surface area contributed by atoms with E-state index < -0.39 is 0 Å². The highest BCUT2D eigenvalue weighted by atomic mass is 19.1. The van der Waals surface area contributed by atoms with Gasteiger partial charge in [-0.25, -0.2) is 4.39 Å². The minimum atomic E-state index is -0.305. The number of hydrogen-bond donors (Lipinski definition) is 1. The molecule has 1 aromatic carbocycles. The maximum absolute atomic E-state index is 14.3. The zero-order chi connectivity index (χ0) is 14.8. The monoisotopic (exact) mass is 279 g/mol. The third kappa shape index (κ3) is 2.89. The molecule has 112 valence electrons. The summed E-state index contributed by atoms with van der Waals surface area (Å²) in [6.45, 7) is 4.25. The summed E-state index contributed by atoms with van der Waals surface area (Å²) in [4.78, 5) is 0. The molecule has 1 aliphatic carbocycles. The second-order valence-electron chi connectivity index (χ2n) is 6.22. The lowest BCUT2D eigenvalue weighted by molar-refractivity contribution is -0.0797. The summed E-state index contributed by atoms with van der Waals surface area (Å²) in [6, 6.07) is 5.21. The van der Waals surface area contributed by atoms with Gasteiger partial charge in [0.15, 0.2) is 0 Å². The zero-order valence-corrected chi connectivity index (χ0v) is 13.0. The van der Waals surface area contributed by atoms with Crippen molar-refractivity contribution in [2.75, 3.05) is 14.2 Å². The Morgan fingerprint density at radius 2 is 2.20 bits per heavy atom. The van der Waals surface area contributed by atoms with Crippen molar-refractivity contribution in [2.24, 2.45) is 5.92 Å². The van der Waals surface area contributed by atoms with Crippen LogP contribution in [0, 0.1) is 18.7 Å². The number of methoxy groups -OCH3 is 1. The van der Waals surface area contributed by atoms with Gasteiger partial charge in [-0.1, -0.05) is 37.5 Å². The van der Waals surface area contributed by atoms with Gasteiger partial charge in [-0.15, -0.1) is 0 Å². The molecule has 0 heterocycles. The molecule has 2 rings (SSSR count). The summed E-state index contributed by atoms with van der Waals surface area (Å²) in [5, 5.41) is 3.30. The number of hydrogen-bond acceptors (Lipinski definition) is 2. The minimum absolute atomic E-state index is 0.102. The van der Waals surface area contributed by atoms with Crippen LogP contribution in [-0.4, -0.2) is 19.8 Å². The van der Waals surface area contributed by atoms with Crippen LogP contribution in [0.1, 0.15) is 49.8 Å². The third-order valence-electron chi connectivity index (χ3n) is 4.67. The first-order valence-electron chi connectivity index (χ1n) is 7.51. The van der Waals surface area contributed by atoms with Crippen molar-refractivity contribution in [1.82, 2.24) is 5.32 Å². The fourth-order valence-electron chi connectivity index (χ4n) is 3.70. The quantitative estimate of drug-likeness (QED) is 0.900. The fourth-order valence-corrected chi connectivity index (χ4v) is 3.70. The van der Waals surface area contributed by atoms with Crippen molar-refractivity contribution in [3.63, 3.8) is 0 Å². The lowest BCUT2D eigenvalue weighted by Crippen LogP contribution is -2.47. The predicted molar refractivity (Wildman–Crippen MR) is 80.3 cm³/mol. The van der Waals surface area contributed by atoms with Gasteiger partial charge < -0.3 is 10.1 Å². The van der Waals surface area contributed by atoms with Crippen LogP contribution in [0.2, 0.25) is 0 Å². The summed E-state index contributed by atoms with van der Waals surface area (Å²) in [5.74, 6) is 0.469. The van der Waals surface area contributed by atoms with E-state index in [0.717, 1.165) is 30.4 Å². The molecule has 1 N–H and O–H groups in total. The average Bonchev–Trinajstić information content (AvgIpc) is 2.43. The van der Waals surface area contributed by atoms with E-state index in [0.29, 0.717) is 5.92 Å². The van der Waals surface area contributed by atoms with Crippen LogP contribution < -0.4 is 5.32 Å². The molecular formula is C17H26FNO. The first kappa shape index (κ1) is 15.5. The molecule has 1 aromatic rings. The normalized spacial score (nSPS) is 28.4. The second kappa shape index (κ2) is 6.23. The van der Waals surface area contributed by atoms with Crippen molar-refractivity contribution in [1.29, 1.82) is 0 Å². The summed E-state index contributed by atoms with van der Waals surface area (Å²) in [5.41, 5.74) is 1.50. The Balaban J connectivity index is 2.41. The molecule has 3 heteroatoms. The minimum Gasteiger partial charge on any atom is -0.376 e. The van der Waals surface area contributed by atoms with E-state index in [-0.39, 0.29) is 17.5 Å². The van der Waals surface area contributed by atoms with E-state index in [1.54, 1.807) is 13.2 Å². The Morgan fingerprint density at radius 1 is 1.45 bits per heavy atom. The van der Waals surface area contributed by atoms with Crippen LogP contribution in [0.5, 0.6) is 0 Å². The topological polar surface area (TPSA) is 21.3 Å². The van der Waals surface area contributed by atoms with Gasteiger partial charge in [0.25, 0.3) is 0 Å². The molecule has 2 nitrogen and oxygen atoms in total. The maximum atomic E-state index is 14.3. The summed E-state index contributed by atoms with van der Waals surface area (Å²) in [6.07, 6.45) is 4.33.